The Bertz CT molecular complexity index is 318. The van der Waals surface area contributed by atoms with Gasteiger partial charge in [0.05, 0.1) is 0 Å². The van der Waals surface area contributed by atoms with Gasteiger partial charge < -0.3 is 5.73 Å². The number of hydrogen-bond acceptors (Lipinski definition) is 3. The third-order valence-electron chi connectivity index (χ3n) is 3.11. The number of thioether (sulfide) groups is 1. The molecule has 0 spiro atoms. The number of rotatable bonds is 2. The summed E-state index contributed by atoms with van der Waals surface area (Å²) in [6.07, 6.45) is 3.96. The van der Waals surface area contributed by atoms with Gasteiger partial charge in [-0.25, -0.2) is 0 Å². The number of nitrogens with two attached hydrogens (primary N) is 1. The summed E-state index contributed by atoms with van der Waals surface area (Å²) in [5.74, 6) is 3.30. The molecule has 1 aliphatic carbocycles. The molecule has 0 saturated heterocycles. The first-order valence-corrected chi connectivity index (χ1v) is 7.26. The van der Waals surface area contributed by atoms with Crippen LogP contribution in [0.15, 0.2) is 6.07 Å². The topological polar surface area (TPSA) is 26.0 Å². The van der Waals surface area contributed by atoms with Gasteiger partial charge in [0, 0.05) is 21.5 Å². The number of thiophene rings is 1. The molecule has 1 saturated carbocycles. The Balaban J connectivity index is 1.87. The summed E-state index contributed by atoms with van der Waals surface area (Å²) >= 11 is 4.03. The van der Waals surface area contributed by atoms with Crippen molar-refractivity contribution in [2.75, 3.05) is 5.75 Å². The predicted octanol–water partition coefficient (Wildman–Crippen LogP) is 2.95. The zero-order valence-electron chi connectivity index (χ0n) is 8.16. The van der Waals surface area contributed by atoms with Crippen LogP contribution >= 0.6 is 23.1 Å². The van der Waals surface area contributed by atoms with Crippen molar-refractivity contribution < 1.29 is 0 Å². The van der Waals surface area contributed by atoms with Gasteiger partial charge in [-0.15, -0.1) is 11.3 Å². The number of aryl methyl sites for hydroxylation is 1. The molecule has 3 rings (SSSR count). The summed E-state index contributed by atoms with van der Waals surface area (Å²) < 4.78 is 0. The second-order valence-corrected chi connectivity index (χ2v) is 6.54. The lowest BCUT2D eigenvalue weighted by Crippen LogP contribution is -2.10. The van der Waals surface area contributed by atoms with E-state index in [0.29, 0.717) is 6.04 Å². The minimum atomic E-state index is 0.343. The van der Waals surface area contributed by atoms with Gasteiger partial charge in [0.1, 0.15) is 0 Å². The molecule has 1 fully saturated rings. The molecule has 76 valence electrons. The highest BCUT2D eigenvalue weighted by molar-refractivity contribution is 7.98. The van der Waals surface area contributed by atoms with Crippen LogP contribution in [0.1, 0.15) is 34.2 Å². The lowest BCUT2D eigenvalue weighted by molar-refractivity contribution is 0.644. The molecule has 0 bridgehead atoms. The average Bonchev–Trinajstić information content (AvgIpc) is 2.95. The van der Waals surface area contributed by atoms with E-state index in [0.717, 1.165) is 5.92 Å². The molecule has 2 aliphatic rings. The summed E-state index contributed by atoms with van der Waals surface area (Å²) in [7, 11) is 0. The molecule has 1 aliphatic heterocycles. The first kappa shape index (κ1) is 9.25. The van der Waals surface area contributed by atoms with Crippen molar-refractivity contribution in [3.8, 4) is 0 Å². The van der Waals surface area contributed by atoms with Crippen LogP contribution < -0.4 is 5.73 Å². The number of hydrogen-bond donors (Lipinski definition) is 1. The third kappa shape index (κ3) is 1.62. The van der Waals surface area contributed by atoms with Gasteiger partial charge in [-0.2, -0.15) is 11.8 Å². The highest BCUT2D eigenvalue weighted by atomic mass is 32.2. The minimum Gasteiger partial charge on any atom is -0.323 e. The van der Waals surface area contributed by atoms with Crippen LogP contribution in [0.5, 0.6) is 0 Å². The first-order chi connectivity index (χ1) is 6.84. The molecule has 1 unspecified atom stereocenters. The van der Waals surface area contributed by atoms with Gasteiger partial charge in [0.25, 0.3) is 0 Å². The Labute approximate surface area is 93.1 Å². The van der Waals surface area contributed by atoms with Crippen LogP contribution in [0.4, 0.5) is 0 Å². The standard InChI is InChI=1S/C11H15NS2/c12-11(7-1-2-7)10-5-8-6-13-4-3-9(8)14-10/h5,7,11H,1-4,6,12H2. The van der Waals surface area contributed by atoms with E-state index in [4.69, 9.17) is 5.73 Å². The summed E-state index contributed by atoms with van der Waals surface area (Å²) in [4.78, 5) is 3.05. The molecule has 0 amide bonds. The largest absolute Gasteiger partial charge is 0.323 e. The number of fused-ring (bicyclic) bond motifs is 1. The molecule has 2 N–H and O–H groups in total. The highest BCUT2D eigenvalue weighted by Crippen LogP contribution is 2.43. The molecule has 1 atom stereocenters. The van der Waals surface area contributed by atoms with Crippen LogP contribution in [0.25, 0.3) is 0 Å². The molecular weight excluding hydrogens is 210 g/mol. The quantitative estimate of drug-likeness (QED) is 0.837. The first-order valence-electron chi connectivity index (χ1n) is 5.29. The van der Waals surface area contributed by atoms with Gasteiger partial charge in [0.2, 0.25) is 0 Å². The minimum absolute atomic E-state index is 0.343. The molecule has 1 aromatic rings. The maximum atomic E-state index is 6.22. The van der Waals surface area contributed by atoms with Gasteiger partial charge in [-0.05, 0) is 42.6 Å². The smallest absolute Gasteiger partial charge is 0.0418 e. The maximum Gasteiger partial charge on any atom is 0.0418 e. The van der Waals surface area contributed by atoms with Crippen LogP contribution in [-0.4, -0.2) is 5.75 Å². The van der Waals surface area contributed by atoms with Crippen LogP contribution in [-0.2, 0) is 12.2 Å². The van der Waals surface area contributed by atoms with Gasteiger partial charge in [0.15, 0.2) is 0 Å². The Morgan fingerprint density at radius 1 is 1.43 bits per heavy atom. The molecule has 2 heterocycles. The second kappa shape index (κ2) is 3.54. The fraction of sp³-hybridized carbons (Fsp3) is 0.636. The van der Waals surface area contributed by atoms with E-state index >= 15 is 0 Å². The summed E-state index contributed by atoms with van der Waals surface area (Å²) in [6, 6.07) is 2.71. The lowest BCUT2D eigenvalue weighted by Gasteiger charge is -2.08. The van der Waals surface area contributed by atoms with Crippen molar-refractivity contribution in [2.45, 2.75) is 31.1 Å². The second-order valence-electron chi connectivity index (χ2n) is 4.26. The van der Waals surface area contributed by atoms with Crippen molar-refractivity contribution in [3.05, 3.63) is 21.4 Å². The molecule has 1 aromatic heterocycles. The van der Waals surface area contributed by atoms with Crippen LogP contribution in [0.3, 0.4) is 0 Å². The van der Waals surface area contributed by atoms with E-state index in [1.165, 1.54) is 35.6 Å². The van der Waals surface area contributed by atoms with Gasteiger partial charge in [-0.3, -0.25) is 0 Å². The Morgan fingerprint density at radius 2 is 2.29 bits per heavy atom. The molecule has 0 aromatic carbocycles. The third-order valence-corrected chi connectivity index (χ3v) is 5.45. The predicted molar refractivity (Wildman–Crippen MR) is 63.8 cm³/mol. The highest BCUT2D eigenvalue weighted by Gasteiger charge is 2.31. The molecule has 14 heavy (non-hydrogen) atoms. The molecule has 1 nitrogen and oxygen atoms in total. The fourth-order valence-electron chi connectivity index (χ4n) is 2.02. The normalized spacial score (nSPS) is 23.2. The molecular formula is C11H15NS2. The molecule has 0 radical (unpaired) electrons. The van der Waals surface area contributed by atoms with E-state index < -0.39 is 0 Å². The molecule has 3 heteroatoms. The van der Waals surface area contributed by atoms with Crippen LogP contribution in [0.2, 0.25) is 0 Å². The van der Waals surface area contributed by atoms with E-state index in [1.54, 1.807) is 10.4 Å². The van der Waals surface area contributed by atoms with Crippen molar-refractivity contribution in [1.82, 2.24) is 0 Å². The SMILES string of the molecule is NC(c1cc2c(s1)CCSC2)C1CC1. The Hall–Kier alpha value is 0.01000. The van der Waals surface area contributed by atoms with Crippen molar-refractivity contribution in [1.29, 1.82) is 0 Å². The summed E-state index contributed by atoms with van der Waals surface area (Å²) in [5, 5.41) is 0. The van der Waals surface area contributed by atoms with Crippen molar-refractivity contribution in [3.63, 3.8) is 0 Å². The van der Waals surface area contributed by atoms with E-state index in [1.807, 2.05) is 11.3 Å². The zero-order chi connectivity index (χ0) is 9.54. The van der Waals surface area contributed by atoms with E-state index in [-0.39, 0.29) is 0 Å². The average molecular weight is 225 g/mol. The van der Waals surface area contributed by atoms with Crippen molar-refractivity contribution in [2.24, 2.45) is 11.7 Å². The monoisotopic (exact) mass is 225 g/mol. The lowest BCUT2D eigenvalue weighted by atomic mass is 10.1. The van der Waals surface area contributed by atoms with Crippen LogP contribution in [0, 0.1) is 5.92 Å². The Morgan fingerprint density at radius 3 is 3.00 bits per heavy atom. The summed E-state index contributed by atoms with van der Waals surface area (Å²) in [6.45, 7) is 0. The fourth-order valence-corrected chi connectivity index (χ4v) is 4.49. The Kier molecular flexibility index (Phi) is 2.34. The van der Waals surface area contributed by atoms with Crippen molar-refractivity contribution >= 4 is 23.1 Å². The maximum absolute atomic E-state index is 6.22. The van der Waals surface area contributed by atoms with Gasteiger partial charge in [-0.1, -0.05) is 0 Å². The summed E-state index contributed by atoms with van der Waals surface area (Å²) in [5.41, 5.74) is 7.78. The zero-order valence-corrected chi connectivity index (χ0v) is 9.79. The van der Waals surface area contributed by atoms with Gasteiger partial charge >= 0.3 is 0 Å². The van der Waals surface area contributed by atoms with E-state index in [2.05, 4.69) is 17.8 Å². The van der Waals surface area contributed by atoms with E-state index in [9.17, 15) is 0 Å².